The van der Waals surface area contributed by atoms with Crippen LogP contribution in [0.15, 0.2) is 24.7 Å². The molecule has 0 bridgehead atoms. The summed E-state index contributed by atoms with van der Waals surface area (Å²) in [6.45, 7) is 0. The van der Waals surface area contributed by atoms with Gasteiger partial charge in [-0.2, -0.15) is 10.4 Å². The molecular weight excluding hydrogens is 293 g/mol. The molecule has 2 aromatic rings. The van der Waals surface area contributed by atoms with E-state index in [9.17, 15) is 0 Å². The summed E-state index contributed by atoms with van der Waals surface area (Å²) in [7, 11) is 0. The van der Waals surface area contributed by atoms with Gasteiger partial charge in [-0.15, -0.1) is 0 Å². The van der Waals surface area contributed by atoms with Gasteiger partial charge in [0.2, 0.25) is 0 Å². The molecule has 0 aliphatic carbocycles. The van der Waals surface area contributed by atoms with Gasteiger partial charge in [-0.05, 0) is 28.7 Å². The lowest BCUT2D eigenvalue weighted by Crippen LogP contribution is -2.01. The molecule has 5 nitrogen and oxygen atoms in total. The first kappa shape index (κ1) is 9.08. The summed E-state index contributed by atoms with van der Waals surface area (Å²) in [5.41, 5.74) is 0.334. The zero-order valence-corrected chi connectivity index (χ0v) is 9.08. The highest BCUT2D eigenvalue weighted by Gasteiger charge is 2.02. The Morgan fingerprint density at radius 2 is 2.36 bits per heavy atom. The van der Waals surface area contributed by atoms with Crippen molar-refractivity contribution in [1.29, 1.82) is 5.26 Å². The van der Waals surface area contributed by atoms with Crippen molar-refractivity contribution in [3.63, 3.8) is 0 Å². The number of halogens is 1. The summed E-state index contributed by atoms with van der Waals surface area (Å²) in [5, 5.41) is 12.7. The van der Waals surface area contributed by atoms with E-state index in [1.165, 1.54) is 10.9 Å². The summed E-state index contributed by atoms with van der Waals surface area (Å²) in [5.74, 6) is 0.409. The molecule has 0 saturated heterocycles. The molecular formula is C8H4IN5. The van der Waals surface area contributed by atoms with Crippen LogP contribution in [0.2, 0.25) is 0 Å². The van der Waals surface area contributed by atoms with Crippen molar-refractivity contribution in [3.8, 4) is 12.0 Å². The second-order valence-electron chi connectivity index (χ2n) is 2.46. The van der Waals surface area contributed by atoms with E-state index in [4.69, 9.17) is 5.26 Å². The number of hydrogen-bond acceptors (Lipinski definition) is 4. The summed E-state index contributed by atoms with van der Waals surface area (Å²) in [6.07, 6.45) is 5.02. The van der Waals surface area contributed by atoms with Gasteiger partial charge in [0.15, 0.2) is 0 Å². The first-order chi connectivity index (χ1) is 6.79. The minimum atomic E-state index is 0.334. The molecule has 2 heterocycles. The van der Waals surface area contributed by atoms with Crippen molar-refractivity contribution in [2.75, 3.05) is 0 Å². The van der Waals surface area contributed by atoms with Crippen LogP contribution in [0.4, 0.5) is 0 Å². The largest absolute Gasteiger partial charge is 0.251 e. The molecule has 0 unspecified atom stereocenters. The van der Waals surface area contributed by atoms with Crippen molar-refractivity contribution in [2.24, 2.45) is 0 Å². The molecule has 14 heavy (non-hydrogen) atoms. The lowest BCUT2D eigenvalue weighted by atomic mass is 10.4. The number of nitrogens with zero attached hydrogens (tertiary/aromatic N) is 5. The number of aromatic nitrogens is 4. The maximum Gasteiger partial charge on any atom is 0.251 e. The molecule has 0 aliphatic heterocycles. The van der Waals surface area contributed by atoms with Crippen LogP contribution in [-0.4, -0.2) is 19.7 Å². The fraction of sp³-hybridized carbons (Fsp3) is 0. The van der Waals surface area contributed by atoms with Crippen LogP contribution in [0.1, 0.15) is 5.69 Å². The summed E-state index contributed by atoms with van der Waals surface area (Å²) >= 11 is 2.14. The Kier molecular flexibility index (Phi) is 2.41. The molecule has 2 aromatic heterocycles. The molecule has 68 valence electrons. The average Bonchev–Trinajstić information content (AvgIpc) is 2.65. The highest BCUT2D eigenvalue weighted by atomic mass is 127. The standard InChI is InChI=1S/C8H4IN5/c9-6-4-12-14(5-6)8-11-2-1-7(3-10)13-8/h1-2,4-5H. The van der Waals surface area contributed by atoms with Crippen molar-refractivity contribution >= 4 is 22.6 Å². The van der Waals surface area contributed by atoms with Gasteiger partial charge in [0.05, 0.1) is 9.77 Å². The van der Waals surface area contributed by atoms with E-state index in [-0.39, 0.29) is 0 Å². The van der Waals surface area contributed by atoms with Crippen molar-refractivity contribution < 1.29 is 0 Å². The van der Waals surface area contributed by atoms with E-state index >= 15 is 0 Å². The zero-order chi connectivity index (χ0) is 9.97. The molecule has 2 rings (SSSR count). The van der Waals surface area contributed by atoms with Crippen LogP contribution >= 0.6 is 22.6 Å². The normalized spacial score (nSPS) is 9.71. The average molecular weight is 297 g/mol. The molecule has 0 saturated carbocycles. The first-order valence-corrected chi connectivity index (χ1v) is 4.81. The topological polar surface area (TPSA) is 67.4 Å². The lowest BCUT2D eigenvalue weighted by Gasteiger charge is -1.97. The molecule has 6 heteroatoms. The zero-order valence-electron chi connectivity index (χ0n) is 6.92. The molecule has 0 amide bonds. The first-order valence-electron chi connectivity index (χ1n) is 3.73. The predicted octanol–water partition coefficient (Wildman–Crippen LogP) is 1.14. The smallest absolute Gasteiger partial charge is 0.220 e. The van der Waals surface area contributed by atoms with Gasteiger partial charge in [-0.3, -0.25) is 0 Å². The van der Waals surface area contributed by atoms with Crippen LogP contribution in [0, 0.1) is 14.9 Å². The predicted molar refractivity (Wildman–Crippen MR) is 56.6 cm³/mol. The highest BCUT2D eigenvalue weighted by Crippen LogP contribution is 2.05. The molecule has 0 N–H and O–H groups in total. The molecule has 0 aromatic carbocycles. The Morgan fingerprint density at radius 3 is 3.00 bits per heavy atom. The monoisotopic (exact) mass is 297 g/mol. The number of hydrogen-bond donors (Lipinski definition) is 0. The number of rotatable bonds is 1. The summed E-state index contributed by atoms with van der Waals surface area (Å²) in [6, 6.07) is 3.50. The summed E-state index contributed by atoms with van der Waals surface area (Å²) < 4.78 is 2.52. The second-order valence-corrected chi connectivity index (χ2v) is 3.70. The number of nitriles is 1. The fourth-order valence-corrected chi connectivity index (χ4v) is 1.32. The van der Waals surface area contributed by atoms with E-state index in [0.29, 0.717) is 11.6 Å². The summed E-state index contributed by atoms with van der Waals surface area (Å²) in [4.78, 5) is 8.01. The molecule has 0 atom stereocenters. The van der Waals surface area contributed by atoms with Gasteiger partial charge < -0.3 is 0 Å². The van der Waals surface area contributed by atoms with Crippen LogP contribution in [0.25, 0.3) is 5.95 Å². The van der Waals surface area contributed by atoms with Gasteiger partial charge in [0.25, 0.3) is 5.95 Å². The third kappa shape index (κ3) is 1.72. The van der Waals surface area contributed by atoms with E-state index in [1.807, 2.05) is 6.07 Å². The van der Waals surface area contributed by atoms with Gasteiger partial charge in [0.1, 0.15) is 11.8 Å². The maximum absolute atomic E-state index is 8.64. The van der Waals surface area contributed by atoms with Crippen molar-refractivity contribution in [3.05, 3.63) is 33.9 Å². The van der Waals surface area contributed by atoms with Gasteiger partial charge in [-0.25, -0.2) is 14.6 Å². The molecule has 0 aliphatic rings. The molecule has 0 spiro atoms. The second kappa shape index (κ2) is 3.71. The minimum absolute atomic E-state index is 0.334. The van der Waals surface area contributed by atoms with Crippen LogP contribution in [0.5, 0.6) is 0 Å². The third-order valence-electron chi connectivity index (χ3n) is 1.51. The molecule has 0 radical (unpaired) electrons. The Labute approximate surface area is 93.6 Å². The van der Waals surface area contributed by atoms with Crippen LogP contribution < -0.4 is 0 Å². The van der Waals surface area contributed by atoms with Crippen LogP contribution in [-0.2, 0) is 0 Å². The van der Waals surface area contributed by atoms with E-state index < -0.39 is 0 Å². The highest BCUT2D eigenvalue weighted by molar-refractivity contribution is 14.1. The minimum Gasteiger partial charge on any atom is -0.220 e. The van der Waals surface area contributed by atoms with Crippen molar-refractivity contribution in [1.82, 2.24) is 19.7 Å². The van der Waals surface area contributed by atoms with Gasteiger partial charge in [-0.1, -0.05) is 0 Å². The third-order valence-corrected chi connectivity index (χ3v) is 2.07. The lowest BCUT2D eigenvalue weighted by molar-refractivity contribution is 0.805. The van der Waals surface area contributed by atoms with Crippen LogP contribution in [0.3, 0.4) is 0 Å². The molecule has 0 fully saturated rings. The van der Waals surface area contributed by atoms with Gasteiger partial charge in [0, 0.05) is 12.4 Å². The van der Waals surface area contributed by atoms with E-state index in [0.717, 1.165) is 3.57 Å². The Bertz CT molecular complexity index is 498. The fourth-order valence-electron chi connectivity index (χ4n) is 0.931. The maximum atomic E-state index is 8.64. The Hall–Kier alpha value is -1.49. The SMILES string of the molecule is N#Cc1ccnc(-n2cc(I)cn2)n1. The Balaban J connectivity index is 2.47. The van der Waals surface area contributed by atoms with Gasteiger partial charge >= 0.3 is 0 Å². The van der Waals surface area contributed by atoms with Crippen molar-refractivity contribution in [2.45, 2.75) is 0 Å². The Morgan fingerprint density at radius 1 is 1.50 bits per heavy atom. The quantitative estimate of drug-likeness (QED) is 0.740. The van der Waals surface area contributed by atoms with E-state index in [2.05, 4.69) is 37.7 Å². The van der Waals surface area contributed by atoms with E-state index in [1.54, 1.807) is 18.5 Å².